The normalized spacial score (nSPS) is 18.9. The van der Waals surface area contributed by atoms with Crippen molar-refractivity contribution in [1.29, 1.82) is 0 Å². The molecule has 1 saturated heterocycles. The summed E-state index contributed by atoms with van der Waals surface area (Å²) in [5.74, 6) is 1.17. The molecule has 7 nitrogen and oxygen atoms in total. The lowest BCUT2D eigenvalue weighted by atomic mass is 9.97. The highest BCUT2D eigenvalue weighted by molar-refractivity contribution is 7.89. The van der Waals surface area contributed by atoms with Gasteiger partial charge in [0.1, 0.15) is 5.75 Å². The summed E-state index contributed by atoms with van der Waals surface area (Å²) in [6.45, 7) is 8.87. The second-order valence-electron chi connectivity index (χ2n) is 9.14. The average molecular weight is 486 g/mol. The summed E-state index contributed by atoms with van der Waals surface area (Å²) in [6, 6.07) is 12.5. The Balaban J connectivity index is 1.70. The monoisotopic (exact) mass is 485 g/mol. The van der Waals surface area contributed by atoms with Gasteiger partial charge in [0.2, 0.25) is 10.0 Å². The molecule has 0 radical (unpaired) electrons. The van der Waals surface area contributed by atoms with Crippen LogP contribution in [0.3, 0.4) is 0 Å². The largest absolute Gasteiger partial charge is 0.493 e. The maximum atomic E-state index is 13.7. The van der Waals surface area contributed by atoms with Crippen LogP contribution in [-0.2, 0) is 10.0 Å². The number of hydrogen-bond donors (Lipinski definition) is 1. The molecule has 0 aliphatic carbocycles. The number of carbonyl (C=O) groups is 1. The van der Waals surface area contributed by atoms with Gasteiger partial charge in [-0.05, 0) is 43.0 Å². The van der Waals surface area contributed by atoms with Crippen LogP contribution in [0, 0.1) is 5.92 Å². The first-order chi connectivity index (χ1) is 16.3. The fourth-order valence-electron chi connectivity index (χ4n) is 4.82. The van der Waals surface area contributed by atoms with Crippen LogP contribution in [0.5, 0.6) is 5.75 Å². The number of carbonyl (C=O) groups excluding carboxylic acids is 1. The molecular formula is C26H35N3O4S. The maximum Gasteiger partial charge on any atom is 0.253 e. The zero-order valence-corrected chi connectivity index (χ0v) is 21.1. The molecule has 2 heterocycles. The van der Waals surface area contributed by atoms with E-state index in [9.17, 15) is 13.2 Å². The number of nitrogens with one attached hydrogen (secondary N) is 1. The molecule has 1 unspecified atom stereocenters. The molecule has 1 atom stereocenters. The van der Waals surface area contributed by atoms with Crippen LogP contribution in [0.15, 0.2) is 47.4 Å². The van der Waals surface area contributed by atoms with Gasteiger partial charge in [-0.15, -0.1) is 0 Å². The highest BCUT2D eigenvalue weighted by atomic mass is 32.2. The number of amides is 1. The first kappa shape index (κ1) is 24.5. The van der Waals surface area contributed by atoms with Crippen LogP contribution in [0.1, 0.15) is 62.0 Å². The van der Waals surface area contributed by atoms with E-state index in [0.29, 0.717) is 37.6 Å². The van der Waals surface area contributed by atoms with E-state index in [2.05, 4.69) is 17.1 Å². The van der Waals surface area contributed by atoms with Gasteiger partial charge >= 0.3 is 0 Å². The Morgan fingerprint density at radius 1 is 1.09 bits per heavy atom. The molecule has 0 spiro atoms. The number of ether oxygens (including phenoxy) is 1. The van der Waals surface area contributed by atoms with Gasteiger partial charge in [0.05, 0.1) is 23.1 Å². The van der Waals surface area contributed by atoms with Crippen LogP contribution in [-0.4, -0.2) is 51.4 Å². The van der Waals surface area contributed by atoms with E-state index in [4.69, 9.17) is 4.74 Å². The van der Waals surface area contributed by atoms with Crippen molar-refractivity contribution in [3.8, 4) is 5.75 Å². The standard InChI is InChI=1S/C26H35N3O4S/c1-4-29(5-2)34(31,32)20-10-11-24(28-15-12-19(3)13-16-28)22(18-20)26(30)27-23-14-17-33-25-9-7-6-8-21(23)25/h6-11,18-19,23H,4-5,12-17H2,1-3H3,(H,27,30). The number of para-hydroxylation sites is 1. The minimum Gasteiger partial charge on any atom is -0.493 e. The number of hydrogen-bond acceptors (Lipinski definition) is 5. The molecule has 2 aromatic rings. The third kappa shape index (κ3) is 4.93. The summed E-state index contributed by atoms with van der Waals surface area (Å²) < 4.78 is 33.6. The predicted octanol–water partition coefficient (Wildman–Crippen LogP) is 4.21. The van der Waals surface area contributed by atoms with Gasteiger partial charge in [-0.2, -0.15) is 4.31 Å². The maximum absolute atomic E-state index is 13.7. The summed E-state index contributed by atoms with van der Waals surface area (Å²) in [5, 5.41) is 3.16. The highest BCUT2D eigenvalue weighted by Crippen LogP contribution is 2.33. The molecule has 2 aliphatic heterocycles. The number of nitrogens with zero attached hydrogens (tertiary/aromatic N) is 2. The lowest BCUT2D eigenvalue weighted by molar-refractivity contribution is 0.0925. The molecule has 1 fully saturated rings. The third-order valence-corrected chi connectivity index (χ3v) is 8.99. The van der Waals surface area contributed by atoms with Crippen molar-refractivity contribution >= 4 is 21.6 Å². The van der Waals surface area contributed by atoms with Gasteiger partial charge in [0.15, 0.2) is 0 Å². The second-order valence-corrected chi connectivity index (χ2v) is 11.1. The Labute approximate surface area is 203 Å². The van der Waals surface area contributed by atoms with Crippen molar-refractivity contribution in [2.24, 2.45) is 5.92 Å². The summed E-state index contributed by atoms with van der Waals surface area (Å²) in [4.78, 5) is 16.0. The fourth-order valence-corrected chi connectivity index (χ4v) is 6.31. The van der Waals surface area contributed by atoms with Crippen molar-refractivity contribution in [3.63, 3.8) is 0 Å². The first-order valence-electron chi connectivity index (χ1n) is 12.3. The van der Waals surface area contributed by atoms with E-state index in [1.807, 2.05) is 38.1 Å². The second kappa shape index (κ2) is 10.4. The number of fused-ring (bicyclic) bond motifs is 1. The van der Waals surface area contributed by atoms with Gasteiger partial charge in [0.25, 0.3) is 5.91 Å². The number of anilines is 1. The molecule has 1 amide bonds. The SMILES string of the molecule is CCN(CC)S(=O)(=O)c1ccc(N2CCC(C)CC2)c(C(=O)NC2CCOc3ccccc32)c1. The number of rotatable bonds is 7. The number of benzene rings is 2. The van der Waals surface area contributed by atoms with Crippen molar-refractivity contribution in [2.75, 3.05) is 37.7 Å². The van der Waals surface area contributed by atoms with Crippen molar-refractivity contribution < 1.29 is 17.9 Å². The van der Waals surface area contributed by atoms with Crippen molar-refractivity contribution in [3.05, 3.63) is 53.6 Å². The molecule has 184 valence electrons. The molecule has 0 bridgehead atoms. The van der Waals surface area contributed by atoms with Crippen LogP contribution >= 0.6 is 0 Å². The molecular weight excluding hydrogens is 450 g/mol. The number of sulfonamides is 1. The van der Waals surface area contributed by atoms with E-state index < -0.39 is 10.0 Å². The van der Waals surface area contributed by atoms with Gasteiger partial charge in [-0.25, -0.2) is 8.42 Å². The Morgan fingerprint density at radius 3 is 2.50 bits per heavy atom. The summed E-state index contributed by atoms with van der Waals surface area (Å²) in [6.07, 6.45) is 2.76. The van der Waals surface area contributed by atoms with Crippen LogP contribution in [0.2, 0.25) is 0 Å². The molecule has 2 aromatic carbocycles. The van der Waals surface area contributed by atoms with E-state index in [0.717, 1.165) is 42.9 Å². The number of piperidine rings is 1. The van der Waals surface area contributed by atoms with E-state index in [-0.39, 0.29) is 16.8 Å². The van der Waals surface area contributed by atoms with Crippen molar-refractivity contribution in [2.45, 2.75) is 51.0 Å². The highest BCUT2D eigenvalue weighted by Gasteiger charge is 2.29. The minimum atomic E-state index is -3.68. The zero-order chi connectivity index (χ0) is 24.3. The Bertz CT molecular complexity index is 1120. The van der Waals surface area contributed by atoms with Crippen LogP contribution < -0.4 is 15.0 Å². The quantitative estimate of drug-likeness (QED) is 0.636. The Kier molecular flexibility index (Phi) is 7.48. The molecule has 8 heteroatoms. The van der Waals surface area contributed by atoms with E-state index in [1.165, 1.54) is 4.31 Å². The summed E-state index contributed by atoms with van der Waals surface area (Å²) in [7, 11) is -3.68. The summed E-state index contributed by atoms with van der Waals surface area (Å²) >= 11 is 0. The molecule has 34 heavy (non-hydrogen) atoms. The lowest BCUT2D eigenvalue weighted by Crippen LogP contribution is -2.37. The van der Waals surface area contributed by atoms with E-state index in [1.54, 1.807) is 18.2 Å². The van der Waals surface area contributed by atoms with Gasteiger partial charge < -0.3 is 15.0 Å². The predicted molar refractivity (Wildman–Crippen MR) is 134 cm³/mol. The molecule has 1 N–H and O–H groups in total. The van der Waals surface area contributed by atoms with Gasteiger partial charge in [-0.3, -0.25) is 4.79 Å². The van der Waals surface area contributed by atoms with Crippen LogP contribution in [0.25, 0.3) is 0 Å². The van der Waals surface area contributed by atoms with E-state index >= 15 is 0 Å². The third-order valence-electron chi connectivity index (χ3n) is 6.94. The molecule has 0 saturated carbocycles. The summed E-state index contributed by atoms with van der Waals surface area (Å²) in [5.41, 5.74) is 2.15. The minimum absolute atomic E-state index is 0.155. The smallest absolute Gasteiger partial charge is 0.253 e. The fraction of sp³-hybridized carbons (Fsp3) is 0.500. The molecule has 2 aliphatic rings. The molecule has 0 aromatic heterocycles. The lowest BCUT2D eigenvalue weighted by Gasteiger charge is -2.34. The van der Waals surface area contributed by atoms with Gasteiger partial charge in [0, 0.05) is 43.9 Å². The Hall–Kier alpha value is -2.58. The average Bonchev–Trinajstić information content (AvgIpc) is 2.85. The first-order valence-corrected chi connectivity index (χ1v) is 13.7. The molecule has 4 rings (SSSR count). The van der Waals surface area contributed by atoms with Gasteiger partial charge in [-0.1, -0.05) is 39.0 Å². The Morgan fingerprint density at radius 2 is 1.79 bits per heavy atom. The zero-order valence-electron chi connectivity index (χ0n) is 20.3. The van der Waals surface area contributed by atoms with Crippen LogP contribution in [0.4, 0.5) is 5.69 Å². The van der Waals surface area contributed by atoms with Crippen molar-refractivity contribution in [1.82, 2.24) is 9.62 Å². The topological polar surface area (TPSA) is 79.0 Å².